The topological polar surface area (TPSA) is 166 Å². The number of isocyanates is 2. The van der Waals surface area contributed by atoms with Gasteiger partial charge in [-0.25, -0.2) is 22.8 Å². The van der Waals surface area contributed by atoms with Crippen LogP contribution in [0.4, 0.5) is 24.5 Å². The number of hydrogen-bond acceptors (Lipinski definition) is 10. The zero-order valence-corrected chi connectivity index (χ0v) is 35.1. The van der Waals surface area contributed by atoms with Gasteiger partial charge in [0.05, 0.1) is 17.8 Å². The standard InChI is InChI=1S/C21H23FN2O3.C13H18N2O2.2C7H4FNO/c22-18-7-4-17(5-8-18)15-21(27)23-13-10-16(11-14-23)6-9-20(26)24-12-2-1-3-19(24)25;16-12-3-1-2-10-15(12)13(17)5-4-11-6-8-14-9-7-11;2*8-6-1-3-7(4-2-6)9-5-10/h1,3-9,16H,2,10-15H2;1,3-5,11,14H,2,6-10H2;2*1-4H/b9-6+;5-4+;;. The largest absolute Gasteiger partial charge is 0.342 e. The van der Waals surface area contributed by atoms with Gasteiger partial charge >= 0.3 is 0 Å². The van der Waals surface area contributed by atoms with Crippen molar-refractivity contribution < 1.29 is 46.7 Å². The number of allylic oxidation sites excluding steroid dienone is 2. The van der Waals surface area contributed by atoms with Gasteiger partial charge in [0, 0.05) is 26.2 Å². The Kier molecular flexibility index (Phi) is 20.9. The Balaban J connectivity index is 0.000000206. The van der Waals surface area contributed by atoms with E-state index >= 15 is 0 Å². The van der Waals surface area contributed by atoms with Crippen molar-refractivity contribution in [3.8, 4) is 0 Å². The molecular formula is C48H49F3N6O7. The minimum Gasteiger partial charge on any atom is -0.342 e. The maximum absolute atomic E-state index is 12.9. The van der Waals surface area contributed by atoms with E-state index in [0.717, 1.165) is 50.8 Å². The monoisotopic (exact) mass is 878 g/mol. The number of piperidine rings is 2. The molecule has 4 aliphatic heterocycles. The number of rotatable bonds is 8. The molecule has 334 valence electrons. The van der Waals surface area contributed by atoms with Crippen LogP contribution in [0.5, 0.6) is 0 Å². The zero-order valence-electron chi connectivity index (χ0n) is 35.1. The Morgan fingerprint density at radius 3 is 1.42 bits per heavy atom. The molecule has 64 heavy (non-hydrogen) atoms. The lowest BCUT2D eigenvalue weighted by Crippen LogP contribution is -2.39. The Morgan fingerprint density at radius 2 is 1.02 bits per heavy atom. The molecule has 1 N–H and O–H groups in total. The van der Waals surface area contributed by atoms with Crippen LogP contribution in [0, 0.1) is 29.3 Å². The molecule has 0 aliphatic carbocycles. The van der Waals surface area contributed by atoms with Gasteiger partial charge in [0.15, 0.2) is 0 Å². The second-order valence-electron chi connectivity index (χ2n) is 14.7. The van der Waals surface area contributed by atoms with Crippen molar-refractivity contribution in [2.45, 2.75) is 44.9 Å². The molecule has 0 spiro atoms. The van der Waals surface area contributed by atoms with E-state index in [9.17, 15) is 46.7 Å². The SMILES string of the molecule is O=C(Cc1ccc(F)cc1)N1CCC(/C=C/C(=O)N2CCC=CC2=O)CC1.O=C1C=CCCN1C(=O)/C=C/C1CCNCC1.O=C=Nc1ccc(F)cc1.O=C=Nc1ccc(F)cc1. The van der Waals surface area contributed by atoms with Crippen LogP contribution in [0.25, 0.3) is 0 Å². The third kappa shape index (κ3) is 17.7. The molecule has 16 heteroatoms. The number of nitrogens with zero attached hydrogens (tertiary/aromatic N) is 5. The van der Waals surface area contributed by atoms with Crippen molar-refractivity contribution in [1.82, 2.24) is 20.0 Å². The van der Waals surface area contributed by atoms with Crippen LogP contribution < -0.4 is 5.32 Å². The number of hydrogen-bond donors (Lipinski definition) is 1. The quantitative estimate of drug-likeness (QED) is 0.145. The van der Waals surface area contributed by atoms with Crippen LogP contribution in [-0.4, -0.2) is 95.7 Å². The van der Waals surface area contributed by atoms with E-state index in [1.165, 1.54) is 101 Å². The zero-order chi connectivity index (χ0) is 46.1. The number of benzene rings is 3. The first-order valence-electron chi connectivity index (χ1n) is 20.8. The predicted molar refractivity (Wildman–Crippen MR) is 233 cm³/mol. The Hall–Kier alpha value is -7.12. The molecule has 3 aromatic rings. The third-order valence-electron chi connectivity index (χ3n) is 10.2. The van der Waals surface area contributed by atoms with E-state index in [2.05, 4.69) is 15.3 Å². The summed E-state index contributed by atoms with van der Waals surface area (Å²) in [6.07, 6.45) is 21.5. The van der Waals surface area contributed by atoms with Gasteiger partial charge < -0.3 is 10.2 Å². The summed E-state index contributed by atoms with van der Waals surface area (Å²) in [7, 11) is 0. The molecule has 0 saturated carbocycles. The summed E-state index contributed by atoms with van der Waals surface area (Å²) in [5.41, 5.74) is 1.63. The van der Waals surface area contributed by atoms with Crippen LogP contribution in [0.2, 0.25) is 0 Å². The molecule has 3 aromatic carbocycles. The highest BCUT2D eigenvalue weighted by Crippen LogP contribution is 2.20. The van der Waals surface area contributed by atoms with Gasteiger partial charge in [-0.2, -0.15) is 9.98 Å². The maximum Gasteiger partial charge on any atom is 0.253 e. The number of carbonyl (C=O) groups excluding carboxylic acids is 7. The second kappa shape index (κ2) is 27.0. The normalized spacial score (nSPS) is 16.3. The van der Waals surface area contributed by atoms with Gasteiger partial charge in [-0.15, -0.1) is 0 Å². The van der Waals surface area contributed by atoms with Gasteiger partial charge in [-0.3, -0.25) is 33.8 Å². The van der Waals surface area contributed by atoms with Crippen LogP contribution in [0.15, 0.2) is 131 Å². The molecule has 4 heterocycles. The van der Waals surface area contributed by atoms with Crippen molar-refractivity contribution in [2.75, 3.05) is 39.3 Å². The molecule has 7 rings (SSSR count). The second-order valence-corrected chi connectivity index (χ2v) is 14.7. The molecule has 0 atom stereocenters. The highest BCUT2D eigenvalue weighted by atomic mass is 19.1. The van der Waals surface area contributed by atoms with Crippen LogP contribution in [0.3, 0.4) is 0 Å². The molecule has 2 saturated heterocycles. The Morgan fingerprint density at radius 1 is 0.609 bits per heavy atom. The highest BCUT2D eigenvalue weighted by Gasteiger charge is 2.24. The lowest BCUT2D eigenvalue weighted by atomic mass is 9.95. The number of imide groups is 2. The minimum absolute atomic E-state index is 0.0332. The minimum atomic E-state index is -0.343. The Labute approximate surface area is 369 Å². The highest BCUT2D eigenvalue weighted by molar-refractivity contribution is 6.06. The van der Waals surface area contributed by atoms with Crippen molar-refractivity contribution in [1.29, 1.82) is 0 Å². The summed E-state index contributed by atoms with van der Waals surface area (Å²) in [6, 6.07) is 16.5. The molecule has 5 amide bonds. The first kappa shape index (κ1) is 49.5. The summed E-state index contributed by atoms with van der Waals surface area (Å²) in [4.78, 5) is 89.8. The smallest absolute Gasteiger partial charge is 0.253 e. The van der Waals surface area contributed by atoms with E-state index in [4.69, 9.17) is 0 Å². The van der Waals surface area contributed by atoms with Crippen molar-refractivity contribution in [2.24, 2.45) is 21.8 Å². The van der Waals surface area contributed by atoms with Gasteiger partial charge in [-0.1, -0.05) is 36.4 Å². The summed E-state index contributed by atoms with van der Waals surface area (Å²) >= 11 is 0. The van der Waals surface area contributed by atoms with Gasteiger partial charge in [0.2, 0.25) is 18.1 Å². The van der Waals surface area contributed by atoms with E-state index in [1.807, 2.05) is 23.1 Å². The number of aliphatic imine (C=N–C) groups is 2. The number of likely N-dealkylation sites (tertiary alicyclic amines) is 1. The fourth-order valence-corrected chi connectivity index (χ4v) is 6.63. The van der Waals surface area contributed by atoms with E-state index < -0.39 is 0 Å². The number of nitrogens with one attached hydrogen (secondary N) is 1. The average Bonchev–Trinajstić information content (AvgIpc) is 3.31. The predicted octanol–water partition coefficient (Wildman–Crippen LogP) is 6.92. The van der Waals surface area contributed by atoms with E-state index in [1.54, 1.807) is 24.3 Å². The lowest BCUT2D eigenvalue weighted by molar-refractivity contribution is -0.140. The summed E-state index contributed by atoms with van der Waals surface area (Å²) in [5.74, 6) is -1.20. The third-order valence-corrected chi connectivity index (χ3v) is 10.2. The molecule has 2 fully saturated rings. The summed E-state index contributed by atoms with van der Waals surface area (Å²) in [6.45, 7) is 4.21. The maximum atomic E-state index is 12.9. The van der Waals surface area contributed by atoms with Gasteiger partial charge in [-0.05, 0) is 154 Å². The van der Waals surface area contributed by atoms with Gasteiger partial charge in [0.1, 0.15) is 17.5 Å². The molecule has 13 nitrogen and oxygen atoms in total. The van der Waals surface area contributed by atoms with Crippen LogP contribution in [0.1, 0.15) is 44.1 Å². The van der Waals surface area contributed by atoms with Crippen LogP contribution >= 0.6 is 0 Å². The van der Waals surface area contributed by atoms with Gasteiger partial charge in [0.25, 0.3) is 23.6 Å². The summed E-state index contributed by atoms with van der Waals surface area (Å²) < 4.78 is 37.3. The molecule has 0 bridgehead atoms. The van der Waals surface area contributed by atoms with E-state index in [-0.39, 0.29) is 59.3 Å². The number of carbonyl (C=O) groups is 5. The molecule has 4 aliphatic rings. The van der Waals surface area contributed by atoms with Crippen molar-refractivity contribution in [3.05, 3.63) is 144 Å². The van der Waals surface area contributed by atoms with Crippen LogP contribution in [-0.2, 0) is 40.0 Å². The van der Waals surface area contributed by atoms with Crippen molar-refractivity contribution in [3.63, 3.8) is 0 Å². The number of halogens is 3. The molecule has 0 radical (unpaired) electrons. The summed E-state index contributed by atoms with van der Waals surface area (Å²) in [5, 5.41) is 3.28. The molecule has 0 unspecified atom stereocenters. The first-order valence-corrected chi connectivity index (χ1v) is 20.8. The lowest BCUT2D eigenvalue weighted by Gasteiger charge is -2.31. The number of amides is 5. The fourth-order valence-electron chi connectivity index (χ4n) is 6.63. The van der Waals surface area contributed by atoms with E-state index in [0.29, 0.717) is 49.9 Å². The van der Waals surface area contributed by atoms with Crippen molar-refractivity contribution >= 4 is 53.1 Å². The Bertz CT molecular complexity index is 2190. The fraction of sp³-hybridized carbons (Fsp3) is 0.312. The first-order chi connectivity index (χ1) is 30.9. The molecule has 0 aromatic heterocycles. The molecular weight excluding hydrogens is 830 g/mol. The average molecular weight is 879 g/mol.